The monoisotopic (exact) mass is 345 g/mol. The molecule has 0 radical (unpaired) electrons. The summed E-state index contributed by atoms with van der Waals surface area (Å²) >= 11 is 6.22. The van der Waals surface area contributed by atoms with Gasteiger partial charge in [-0.2, -0.15) is 0 Å². The summed E-state index contributed by atoms with van der Waals surface area (Å²) in [7, 11) is 1.63. The molecule has 1 fully saturated rings. The Labute approximate surface area is 146 Å². The Morgan fingerprint density at radius 2 is 1.96 bits per heavy atom. The molecule has 1 aliphatic heterocycles. The summed E-state index contributed by atoms with van der Waals surface area (Å²) in [5, 5.41) is 3.65. The molecule has 2 atom stereocenters. The minimum atomic E-state index is -0.287. The highest BCUT2D eigenvalue weighted by atomic mass is 35.5. The normalized spacial score (nSPS) is 19.9. The number of carbonyl (C=O) groups is 1. The van der Waals surface area contributed by atoms with Crippen molar-refractivity contribution in [3.63, 3.8) is 0 Å². The zero-order valence-corrected chi connectivity index (χ0v) is 14.1. The summed E-state index contributed by atoms with van der Waals surface area (Å²) in [5.74, 6) is 0.766. The van der Waals surface area contributed by atoms with Crippen LogP contribution in [0.1, 0.15) is 23.6 Å². The number of hydrogen-bond acceptors (Lipinski definition) is 4. The van der Waals surface area contributed by atoms with Crippen LogP contribution in [0.4, 0.5) is 0 Å². The molecule has 6 heteroatoms. The van der Waals surface area contributed by atoms with Crippen molar-refractivity contribution in [1.82, 2.24) is 16.2 Å². The van der Waals surface area contributed by atoms with Gasteiger partial charge in [-0.15, -0.1) is 0 Å². The van der Waals surface area contributed by atoms with Crippen LogP contribution in [-0.2, 0) is 11.3 Å². The standard InChI is InChI=1S/C18H20ClN3O2/c1-24-13-8-6-12(7-9-13)11-20-18(23)17-10-16(21-22-17)14-4-2-3-5-15(14)19/h2-9,16-17,21-22H,10-11H2,1H3,(H,20,23). The highest BCUT2D eigenvalue weighted by molar-refractivity contribution is 6.31. The van der Waals surface area contributed by atoms with Gasteiger partial charge in [0, 0.05) is 17.6 Å². The molecular weight excluding hydrogens is 326 g/mol. The summed E-state index contributed by atoms with van der Waals surface area (Å²) < 4.78 is 5.12. The number of hydrogen-bond donors (Lipinski definition) is 3. The first-order valence-electron chi connectivity index (χ1n) is 7.83. The van der Waals surface area contributed by atoms with Crippen LogP contribution in [0.25, 0.3) is 0 Å². The second-order valence-corrected chi connectivity index (χ2v) is 6.12. The number of methoxy groups -OCH3 is 1. The molecule has 3 N–H and O–H groups in total. The Kier molecular flexibility index (Phi) is 5.35. The van der Waals surface area contributed by atoms with Gasteiger partial charge in [0.25, 0.3) is 0 Å². The average Bonchev–Trinajstić information content (AvgIpc) is 3.10. The highest BCUT2D eigenvalue weighted by Crippen LogP contribution is 2.28. The molecule has 2 aromatic rings. The Morgan fingerprint density at radius 3 is 2.67 bits per heavy atom. The second-order valence-electron chi connectivity index (χ2n) is 5.72. The maximum Gasteiger partial charge on any atom is 0.238 e. The first-order chi connectivity index (χ1) is 11.7. The molecule has 2 aromatic carbocycles. The lowest BCUT2D eigenvalue weighted by Crippen LogP contribution is -2.42. The highest BCUT2D eigenvalue weighted by Gasteiger charge is 2.30. The minimum absolute atomic E-state index is 0.0236. The van der Waals surface area contributed by atoms with E-state index in [4.69, 9.17) is 16.3 Å². The molecule has 1 aliphatic rings. The van der Waals surface area contributed by atoms with Crippen LogP contribution in [-0.4, -0.2) is 19.1 Å². The molecule has 5 nitrogen and oxygen atoms in total. The molecule has 1 amide bonds. The summed E-state index contributed by atoms with van der Waals surface area (Å²) in [6.07, 6.45) is 0.651. The Morgan fingerprint density at radius 1 is 1.21 bits per heavy atom. The van der Waals surface area contributed by atoms with Crippen molar-refractivity contribution < 1.29 is 9.53 Å². The first-order valence-corrected chi connectivity index (χ1v) is 8.21. The Hall–Kier alpha value is -2.08. The Balaban J connectivity index is 1.53. The van der Waals surface area contributed by atoms with Crippen LogP contribution >= 0.6 is 11.6 Å². The van der Waals surface area contributed by atoms with Gasteiger partial charge in [0.1, 0.15) is 11.8 Å². The molecule has 24 heavy (non-hydrogen) atoms. The van der Waals surface area contributed by atoms with E-state index in [2.05, 4.69) is 16.2 Å². The second kappa shape index (κ2) is 7.66. The van der Waals surface area contributed by atoms with Gasteiger partial charge in [0.2, 0.25) is 5.91 Å². The van der Waals surface area contributed by atoms with Gasteiger partial charge in [-0.25, -0.2) is 10.9 Å². The fraction of sp³-hybridized carbons (Fsp3) is 0.278. The molecule has 0 aromatic heterocycles. The van der Waals surface area contributed by atoms with Gasteiger partial charge in [0.05, 0.1) is 7.11 Å². The largest absolute Gasteiger partial charge is 0.497 e. The Bertz CT molecular complexity index is 706. The zero-order chi connectivity index (χ0) is 16.9. The van der Waals surface area contributed by atoms with Gasteiger partial charge < -0.3 is 10.1 Å². The molecule has 1 heterocycles. The summed E-state index contributed by atoms with van der Waals surface area (Å²) in [5.41, 5.74) is 8.22. The van der Waals surface area contributed by atoms with E-state index in [1.165, 1.54) is 0 Å². The fourth-order valence-electron chi connectivity index (χ4n) is 2.75. The molecule has 0 aliphatic carbocycles. The van der Waals surface area contributed by atoms with Gasteiger partial charge in [-0.1, -0.05) is 41.9 Å². The van der Waals surface area contributed by atoms with E-state index < -0.39 is 0 Å². The van der Waals surface area contributed by atoms with Crippen LogP contribution in [0, 0.1) is 0 Å². The minimum Gasteiger partial charge on any atom is -0.497 e. The van der Waals surface area contributed by atoms with Crippen molar-refractivity contribution in [3.05, 3.63) is 64.7 Å². The van der Waals surface area contributed by atoms with Crippen LogP contribution in [0.2, 0.25) is 5.02 Å². The number of hydrazine groups is 1. The maximum absolute atomic E-state index is 12.3. The molecule has 2 unspecified atom stereocenters. The number of nitrogens with one attached hydrogen (secondary N) is 3. The number of amides is 1. The van der Waals surface area contributed by atoms with Crippen LogP contribution in [0.5, 0.6) is 5.75 Å². The molecule has 0 spiro atoms. The lowest BCUT2D eigenvalue weighted by molar-refractivity contribution is -0.123. The van der Waals surface area contributed by atoms with E-state index in [0.717, 1.165) is 16.9 Å². The van der Waals surface area contributed by atoms with Crippen molar-refractivity contribution in [1.29, 1.82) is 0 Å². The first kappa shape index (κ1) is 16.8. The lowest BCUT2D eigenvalue weighted by Gasteiger charge is -2.12. The maximum atomic E-state index is 12.3. The average molecular weight is 346 g/mol. The van der Waals surface area contributed by atoms with Crippen LogP contribution < -0.4 is 20.9 Å². The number of halogens is 1. The van der Waals surface area contributed by atoms with Crippen LogP contribution in [0.15, 0.2) is 48.5 Å². The van der Waals surface area contributed by atoms with E-state index in [-0.39, 0.29) is 18.0 Å². The van der Waals surface area contributed by atoms with Crippen LogP contribution in [0.3, 0.4) is 0 Å². The predicted octanol–water partition coefficient (Wildman–Crippen LogP) is 2.57. The predicted molar refractivity (Wildman–Crippen MR) is 93.7 cm³/mol. The molecule has 0 bridgehead atoms. The molecular formula is C18H20ClN3O2. The van der Waals surface area contributed by atoms with E-state index in [1.54, 1.807) is 7.11 Å². The third kappa shape index (κ3) is 3.87. The summed E-state index contributed by atoms with van der Waals surface area (Å²) in [6, 6.07) is 15.0. The smallest absolute Gasteiger partial charge is 0.238 e. The number of ether oxygens (including phenoxy) is 1. The van der Waals surface area contributed by atoms with Gasteiger partial charge >= 0.3 is 0 Å². The quantitative estimate of drug-likeness (QED) is 0.779. The topological polar surface area (TPSA) is 62.4 Å². The SMILES string of the molecule is COc1ccc(CNC(=O)C2CC(c3ccccc3Cl)NN2)cc1. The molecule has 126 valence electrons. The summed E-state index contributed by atoms with van der Waals surface area (Å²) in [6.45, 7) is 0.484. The molecule has 1 saturated heterocycles. The van der Waals surface area contributed by atoms with Gasteiger partial charge in [-0.05, 0) is 35.7 Å². The van der Waals surface area contributed by atoms with Gasteiger partial charge in [-0.3, -0.25) is 4.79 Å². The number of benzene rings is 2. The summed E-state index contributed by atoms with van der Waals surface area (Å²) in [4.78, 5) is 12.3. The fourth-order valence-corrected chi connectivity index (χ4v) is 3.01. The zero-order valence-electron chi connectivity index (χ0n) is 13.4. The van der Waals surface area contributed by atoms with Crippen molar-refractivity contribution in [2.75, 3.05) is 7.11 Å². The van der Waals surface area contributed by atoms with Crippen molar-refractivity contribution in [2.45, 2.75) is 25.0 Å². The van der Waals surface area contributed by atoms with E-state index in [9.17, 15) is 4.79 Å². The van der Waals surface area contributed by atoms with Gasteiger partial charge in [0.15, 0.2) is 0 Å². The number of rotatable bonds is 5. The van der Waals surface area contributed by atoms with Crippen molar-refractivity contribution in [2.24, 2.45) is 0 Å². The van der Waals surface area contributed by atoms with Crippen molar-refractivity contribution >= 4 is 17.5 Å². The number of carbonyl (C=O) groups excluding carboxylic acids is 1. The lowest BCUT2D eigenvalue weighted by atomic mass is 10.0. The van der Waals surface area contributed by atoms with Crippen molar-refractivity contribution in [3.8, 4) is 5.75 Å². The van der Waals surface area contributed by atoms with E-state index in [0.29, 0.717) is 18.0 Å². The third-order valence-corrected chi connectivity index (χ3v) is 4.47. The molecule has 0 saturated carbocycles. The van der Waals surface area contributed by atoms with E-state index >= 15 is 0 Å². The third-order valence-electron chi connectivity index (χ3n) is 4.13. The van der Waals surface area contributed by atoms with E-state index in [1.807, 2.05) is 48.5 Å². The molecule has 3 rings (SSSR count).